The highest BCUT2D eigenvalue weighted by molar-refractivity contribution is 5.96. The average molecular weight is 414 g/mol. The second-order valence-electron chi connectivity index (χ2n) is 5.99. The Hall–Kier alpha value is -3.57. The van der Waals surface area contributed by atoms with Crippen molar-refractivity contribution in [2.24, 2.45) is 0 Å². The highest BCUT2D eigenvalue weighted by Crippen LogP contribution is 2.33. The van der Waals surface area contributed by atoms with Crippen LogP contribution in [0.3, 0.4) is 0 Å². The van der Waals surface area contributed by atoms with Gasteiger partial charge in [0.2, 0.25) is 5.91 Å². The first-order valence-corrected chi connectivity index (χ1v) is 9.17. The van der Waals surface area contributed by atoms with Gasteiger partial charge in [0.05, 0.1) is 31.9 Å². The molecule has 1 aliphatic rings. The first-order valence-electron chi connectivity index (χ1n) is 9.17. The van der Waals surface area contributed by atoms with Gasteiger partial charge in [0.1, 0.15) is 19.0 Å². The van der Waals surface area contributed by atoms with E-state index in [9.17, 15) is 9.18 Å². The van der Waals surface area contributed by atoms with E-state index in [0.29, 0.717) is 17.2 Å². The molecule has 2 rings (SSSR count). The molecule has 0 bridgehead atoms. The predicted molar refractivity (Wildman–Crippen MR) is 110 cm³/mol. The van der Waals surface area contributed by atoms with Gasteiger partial charge >= 0.3 is 0 Å². The number of carbonyl (C=O) groups excluding carboxylic acids is 1. The smallest absolute Gasteiger partial charge is 0.286 e. The molecular weight excluding hydrogens is 391 g/mol. The van der Waals surface area contributed by atoms with Crippen molar-refractivity contribution in [3.8, 4) is 17.8 Å². The number of carbonyl (C=O) groups is 1. The zero-order valence-electron chi connectivity index (χ0n) is 16.6. The van der Waals surface area contributed by atoms with Crippen LogP contribution in [0.25, 0.3) is 0 Å². The second-order valence-corrected chi connectivity index (χ2v) is 5.99. The molecule has 1 atom stereocenters. The fourth-order valence-corrected chi connectivity index (χ4v) is 2.58. The number of hydrogen-bond donors (Lipinski definition) is 0. The fraction of sp³-hybridized carbons (Fsp3) is 0.273. The summed E-state index contributed by atoms with van der Waals surface area (Å²) >= 11 is 0. The van der Waals surface area contributed by atoms with Crippen LogP contribution in [0.5, 0.6) is 11.5 Å². The van der Waals surface area contributed by atoms with E-state index in [1.807, 2.05) is 0 Å². The molecule has 1 unspecified atom stereocenters. The van der Waals surface area contributed by atoms with E-state index in [2.05, 4.69) is 11.3 Å². The van der Waals surface area contributed by atoms with Gasteiger partial charge in [-0.05, 0) is 30.4 Å². The predicted octanol–water partition coefficient (Wildman–Crippen LogP) is 3.80. The molecule has 0 fully saturated rings. The molecule has 30 heavy (non-hydrogen) atoms. The van der Waals surface area contributed by atoms with Crippen LogP contribution in [0, 0.1) is 11.5 Å². The largest absolute Gasteiger partial charge is 0.493 e. The summed E-state index contributed by atoms with van der Waals surface area (Å²) in [5.74, 6) is 0.361. The summed E-state index contributed by atoms with van der Waals surface area (Å²) in [4.78, 5) is 14.0. The first-order chi connectivity index (χ1) is 14.6. The van der Waals surface area contributed by atoms with Crippen molar-refractivity contribution >= 4 is 11.6 Å². The molecule has 0 saturated carbocycles. The van der Waals surface area contributed by atoms with Gasteiger partial charge in [-0.1, -0.05) is 18.7 Å². The van der Waals surface area contributed by atoms with Crippen LogP contribution < -0.4 is 14.4 Å². The Morgan fingerprint density at radius 1 is 1.40 bits per heavy atom. The lowest BCUT2D eigenvalue weighted by Gasteiger charge is -2.26. The molecule has 1 heterocycles. The average Bonchev–Trinajstić information content (AvgIpc) is 2.76. The van der Waals surface area contributed by atoms with Gasteiger partial charge in [0.15, 0.2) is 11.5 Å². The Morgan fingerprint density at radius 3 is 2.93 bits per heavy atom. The zero-order valence-corrected chi connectivity index (χ0v) is 16.6. The van der Waals surface area contributed by atoms with Crippen molar-refractivity contribution in [1.29, 1.82) is 5.26 Å². The quantitative estimate of drug-likeness (QED) is 0.311. The van der Waals surface area contributed by atoms with Crippen LogP contribution in [0.4, 0.5) is 10.1 Å². The van der Waals surface area contributed by atoms with Crippen LogP contribution in [-0.2, 0) is 14.3 Å². The molecule has 0 spiro atoms. The number of benzene rings is 1. The zero-order chi connectivity index (χ0) is 21.8. The monoisotopic (exact) mass is 414 g/mol. The topological polar surface area (TPSA) is 81.0 Å². The third-order valence-electron chi connectivity index (χ3n) is 4.02. The SMILES string of the molecule is C=C/C(F)=C\C=C\COC1C=CN(c2ccc(OCCOC#N)c(OC)c2)C(=O)C1. The maximum Gasteiger partial charge on any atom is 0.286 e. The van der Waals surface area contributed by atoms with Crippen molar-refractivity contribution in [3.05, 3.63) is 67.2 Å². The highest BCUT2D eigenvalue weighted by atomic mass is 19.1. The molecule has 1 aromatic rings. The van der Waals surface area contributed by atoms with Crippen LogP contribution in [0.1, 0.15) is 6.42 Å². The van der Waals surface area contributed by atoms with Gasteiger partial charge in [-0.25, -0.2) is 4.39 Å². The molecule has 7 nitrogen and oxygen atoms in total. The van der Waals surface area contributed by atoms with E-state index >= 15 is 0 Å². The van der Waals surface area contributed by atoms with Gasteiger partial charge in [-0.3, -0.25) is 9.69 Å². The number of hydrogen-bond acceptors (Lipinski definition) is 6. The van der Waals surface area contributed by atoms with E-state index in [0.717, 1.165) is 6.08 Å². The molecule has 0 N–H and O–H groups in total. The first kappa shape index (κ1) is 22.7. The third kappa shape index (κ3) is 6.79. The molecule has 158 valence electrons. The number of nitrogens with zero attached hydrogens (tertiary/aromatic N) is 2. The van der Waals surface area contributed by atoms with Crippen molar-refractivity contribution in [3.63, 3.8) is 0 Å². The van der Waals surface area contributed by atoms with Gasteiger partial charge in [0, 0.05) is 12.3 Å². The van der Waals surface area contributed by atoms with Gasteiger partial charge in [0.25, 0.3) is 6.26 Å². The molecule has 1 aliphatic heterocycles. The minimum atomic E-state index is -0.433. The van der Waals surface area contributed by atoms with Crippen molar-refractivity contribution < 1.29 is 28.1 Å². The number of amides is 1. The number of nitriles is 1. The lowest BCUT2D eigenvalue weighted by atomic mass is 10.1. The summed E-state index contributed by atoms with van der Waals surface area (Å²) in [5.41, 5.74) is 0.622. The van der Waals surface area contributed by atoms with E-state index in [-0.39, 0.29) is 38.3 Å². The number of methoxy groups -OCH3 is 1. The molecule has 1 amide bonds. The number of ether oxygens (including phenoxy) is 4. The molecule has 0 radical (unpaired) electrons. The van der Waals surface area contributed by atoms with Crippen LogP contribution in [0.2, 0.25) is 0 Å². The highest BCUT2D eigenvalue weighted by Gasteiger charge is 2.23. The second kappa shape index (κ2) is 12.1. The van der Waals surface area contributed by atoms with E-state index in [4.69, 9.17) is 19.5 Å². The summed E-state index contributed by atoms with van der Waals surface area (Å²) in [6, 6.07) is 5.10. The standard InChI is InChI=1S/C22H23FN2O5/c1-3-17(23)6-4-5-11-29-19-9-10-25(22(26)15-19)18-7-8-20(21(14-18)27-2)30-13-12-28-16-24/h3-10,14,19H,1,11-13,15H2,2H3/b5-4+,17-6+. The number of rotatable bonds is 11. The summed E-state index contributed by atoms with van der Waals surface area (Å²) < 4.78 is 33.9. The van der Waals surface area contributed by atoms with Crippen LogP contribution in [0.15, 0.2) is 67.2 Å². The normalized spacial score (nSPS) is 16.4. The Labute approximate surface area is 174 Å². The maximum atomic E-state index is 12.9. The molecule has 0 aromatic heterocycles. The summed E-state index contributed by atoms with van der Waals surface area (Å²) in [5, 5.41) is 8.36. The number of anilines is 1. The minimum Gasteiger partial charge on any atom is -0.493 e. The molecule has 0 aliphatic carbocycles. The summed E-state index contributed by atoms with van der Waals surface area (Å²) in [6.45, 7) is 3.89. The summed E-state index contributed by atoms with van der Waals surface area (Å²) in [6.07, 6.45) is 10.4. The molecular formula is C22H23FN2O5. The lowest BCUT2D eigenvalue weighted by molar-refractivity contribution is -0.120. The van der Waals surface area contributed by atoms with E-state index in [1.54, 1.807) is 42.8 Å². The van der Waals surface area contributed by atoms with Crippen molar-refractivity contribution in [1.82, 2.24) is 0 Å². The minimum absolute atomic E-state index is 0.130. The Kier molecular flexibility index (Phi) is 9.16. The van der Waals surface area contributed by atoms with Crippen molar-refractivity contribution in [2.75, 3.05) is 31.8 Å². The van der Waals surface area contributed by atoms with E-state index < -0.39 is 5.83 Å². The Morgan fingerprint density at radius 2 is 2.23 bits per heavy atom. The lowest BCUT2D eigenvalue weighted by Crippen LogP contribution is -2.33. The summed E-state index contributed by atoms with van der Waals surface area (Å²) in [7, 11) is 1.50. The molecule has 0 saturated heterocycles. The molecule has 1 aromatic carbocycles. The van der Waals surface area contributed by atoms with Gasteiger partial charge in [-0.15, -0.1) is 0 Å². The maximum absolute atomic E-state index is 12.9. The molecule has 8 heteroatoms. The van der Waals surface area contributed by atoms with Gasteiger partial charge in [-0.2, -0.15) is 5.26 Å². The fourth-order valence-electron chi connectivity index (χ4n) is 2.58. The van der Waals surface area contributed by atoms with Gasteiger partial charge < -0.3 is 18.9 Å². The Balaban J connectivity index is 1.96. The third-order valence-corrected chi connectivity index (χ3v) is 4.02. The Bertz CT molecular complexity index is 873. The van der Waals surface area contributed by atoms with Crippen LogP contribution in [-0.4, -0.2) is 38.9 Å². The van der Waals surface area contributed by atoms with Crippen molar-refractivity contribution in [2.45, 2.75) is 12.5 Å². The van der Waals surface area contributed by atoms with Crippen LogP contribution >= 0.6 is 0 Å². The number of allylic oxidation sites excluding steroid dienone is 4. The van der Waals surface area contributed by atoms with E-state index in [1.165, 1.54) is 24.2 Å². The number of halogens is 1.